The number of nitrogens with one attached hydrogen (secondary N) is 1. The van der Waals surface area contributed by atoms with Gasteiger partial charge < -0.3 is 15.0 Å². The summed E-state index contributed by atoms with van der Waals surface area (Å²) in [4.78, 5) is 2.42. The molecule has 0 spiro atoms. The summed E-state index contributed by atoms with van der Waals surface area (Å²) in [5.74, 6) is 1.74. The summed E-state index contributed by atoms with van der Waals surface area (Å²) in [6.45, 7) is 7.76. The van der Waals surface area contributed by atoms with Crippen LogP contribution in [-0.2, 0) is 4.74 Å². The van der Waals surface area contributed by atoms with Crippen LogP contribution in [0.2, 0.25) is 0 Å². The summed E-state index contributed by atoms with van der Waals surface area (Å²) in [5, 5.41) is 3.89. The molecule has 1 aliphatic heterocycles. The van der Waals surface area contributed by atoms with E-state index in [1.54, 1.807) is 0 Å². The minimum Gasteiger partial charge on any atom is -0.381 e. The van der Waals surface area contributed by atoms with Gasteiger partial charge in [0.1, 0.15) is 0 Å². The van der Waals surface area contributed by atoms with Crippen molar-refractivity contribution < 1.29 is 4.74 Å². The van der Waals surface area contributed by atoms with Crippen molar-refractivity contribution in [3.63, 3.8) is 0 Å². The van der Waals surface area contributed by atoms with Crippen LogP contribution in [0.3, 0.4) is 0 Å². The molecule has 1 saturated carbocycles. The second-order valence-corrected chi connectivity index (χ2v) is 7.11. The van der Waals surface area contributed by atoms with E-state index in [-0.39, 0.29) is 0 Å². The minimum absolute atomic E-state index is 0.307. The molecule has 2 fully saturated rings. The van der Waals surface area contributed by atoms with Crippen LogP contribution >= 0.6 is 0 Å². The van der Waals surface area contributed by atoms with Gasteiger partial charge in [-0.3, -0.25) is 0 Å². The average molecular weight is 268 g/mol. The summed E-state index contributed by atoms with van der Waals surface area (Å²) >= 11 is 0. The molecule has 1 N–H and O–H groups in total. The maximum Gasteiger partial charge on any atom is 0.0484 e. The Balaban J connectivity index is 1.88. The third-order valence-corrected chi connectivity index (χ3v) is 5.50. The molecule has 0 aromatic carbocycles. The predicted molar refractivity (Wildman–Crippen MR) is 80.4 cm³/mol. The molecular formula is C16H32N2O. The normalized spacial score (nSPS) is 35.5. The summed E-state index contributed by atoms with van der Waals surface area (Å²) in [7, 11) is 4.44. The predicted octanol–water partition coefficient (Wildman–Crippen LogP) is 2.51. The summed E-state index contributed by atoms with van der Waals surface area (Å²) < 4.78 is 5.55. The van der Waals surface area contributed by atoms with Crippen LogP contribution in [0.1, 0.15) is 46.0 Å². The first-order valence-electron chi connectivity index (χ1n) is 8.02. The van der Waals surface area contributed by atoms with Gasteiger partial charge in [-0.2, -0.15) is 0 Å². The van der Waals surface area contributed by atoms with Crippen molar-refractivity contribution in [3.8, 4) is 0 Å². The van der Waals surface area contributed by atoms with Crippen LogP contribution in [0.5, 0.6) is 0 Å². The Morgan fingerprint density at radius 3 is 2.42 bits per heavy atom. The highest BCUT2D eigenvalue weighted by Crippen LogP contribution is 2.30. The summed E-state index contributed by atoms with van der Waals surface area (Å²) in [5.41, 5.74) is 0.307. The van der Waals surface area contributed by atoms with Crippen LogP contribution in [0.25, 0.3) is 0 Å². The van der Waals surface area contributed by atoms with E-state index in [2.05, 4.69) is 38.2 Å². The fourth-order valence-corrected chi connectivity index (χ4v) is 3.82. The van der Waals surface area contributed by atoms with Gasteiger partial charge in [0, 0.05) is 31.3 Å². The fraction of sp³-hybridized carbons (Fsp3) is 1.00. The quantitative estimate of drug-likeness (QED) is 0.848. The molecule has 112 valence electrons. The highest BCUT2D eigenvalue weighted by molar-refractivity contribution is 4.94. The molecule has 1 heterocycles. The first kappa shape index (κ1) is 15.3. The standard InChI is InChI=1S/C16H32N2O/c1-13-5-6-15(14(2)11-13)17-12-16(18(3)4)7-9-19-10-8-16/h13-15,17H,5-12H2,1-4H3/t13-,14-,15-/m1/s1. The van der Waals surface area contributed by atoms with Crippen LogP contribution in [0.15, 0.2) is 0 Å². The van der Waals surface area contributed by atoms with Crippen molar-refractivity contribution in [2.45, 2.75) is 57.5 Å². The third-order valence-electron chi connectivity index (χ3n) is 5.50. The largest absolute Gasteiger partial charge is 0.381 e. The molecule has 3 nitrogen and oxygen atoms in total. The molecule has 19 heavy (non-hydrogen) atoms. The zero-order chi connectivity index (χ0) is 13.9. The smallest absolute Gasteiger partial charge is 0.0484 e. The van der Waals surface area contributed by atoms with Crippen LogP contribution in [0.4, 0.5) is 0 Å². The first-order chi connectivity index (χ1) is 9.03. The van der Waals surface area contributed by atoms with Gasteiger partial charge in [-0.1, -0.05) is 13.8 Å². The van der Waals surface area contributed by atoms with Gasteiger partial charge >= 0.3 is 0 Å². The lowest BCUT2D eigenvalue weighted by atomic mass is 9.79. The summed E-state index contributed by atoms with van der Waals surface area (Å²) in [6.07, 6.45) is 6.44. The molecule has 3 heteroatoms. The third kappa shape index (κ3) is 3.71. The first-order valence-corrected chi connectivity index (χ1v) is 8.02. The number of hydrogen-bond donors (Lipinski definition) is 1. The lowest BCUT2D eigenvalue weighted by molar-refractivity contribution is -0.00998. The molecule has 2 rings (SSSR count). The molecule has 0 radical (unpaired) electrons. The number of likely N-dealkylation sites (N-methyl/N-ethyl adjacent to an activating group) is 1. The van der Waals surface area contributed by atoms with E-state index in [1.165, 1.54) is 19.3 Å². The average Bonchev–Trinajstić information content (AvgIpc) is 2.38. The molecule has 1 aliphatic carbocycles. The monoisotopic (exact) mass is 268 g/mol. The number of hydrogen-bond acceptors (Lipinski definition) is 3. The number of rotatable bonds is 4. The van der Waals surface area contributed by atoms with Crippen molar-refractivity contribution in [1.82, 2.24) is 10.2 Å². The highest BCUT2D eigenvalue weighted by Gasteiger charge is 2.36. The number of ether oxygens (including phenoxy) is 1. The zero-order valence-electron chi connectivity index (χ0n) is 13.2. The SMILES string of the molecule is C[C@@H]1CC[C@@H](NCC2(N(C)C)CCOCC2)[C@H](C)C1. The molecule has 0 aromatic rings. The van der Waals surface area contributed by atoms with Crippen LogP contribution < -0.4 is 5.32 Å². The molecule has 3 atom stereocenters. The highest BCUT2D eigenvalue weighted by atomic mass is 16.5. The van der Waals surface area contributed by atoms with Crippen molar-refractivity contribution in [3.05, 3.63) is 0 Å². The molecular weight excluding hydrogens is 236 g/mol. The van der Waals surface area contributed by atoms with Gasteiger partial charge in [0.2, 0.25) is 0 Å². The molecule has 0 amide bonds. The molecule has 0 unspecified atom stereocenters. The Labute approximate surface area is 119 Å². The Morgan fingerprint density at radius 1 is 1.16 bits per heavy atom. The van der Waals surface area contributed by atoms with Gasteiger partial charge in [0.05, 0.1) is 0 Å². The Bertz CT molecular complexity index is 274. The van der Waals surface area contributed by atoms with Crippen molar-refractivity contribution in [2.75, 3.05) is 33.9 Å². The lowest BCUT2D eigenvalue weighted by Crippen LogP contribution is -2.57. The van der Waals surface area contributed by atoms with E-state index in [4.69, 9.17) is 4.74 Å². The minimum atomic E-state index is 0.307. The van der Waals surface area contributed by atoms with Gasteiger partial charge in [-0.05, 0) is 58.0 Å². The zero-order valence-corrected chi connectivity index (χ0v) is 13.2. The Hall–Kier alpha value is -0.120. The van der Waals surface area contributed by atoms with Crippen LogP contribution in [0, 0.1) is 11.8 Å². The van der Waals surface area contributed by atoms with E-state index in [0.717, 1.165) is 50.5 Å². The van der Waals surface area contributed by atoms with Gasteiger partial charge in [0.25, 0.3) is 0 Å². The van der Waals surface area contributed by atoms with Crippen molar-refractivity contribution in [2.24, 2.45) is 11.8 Å². The van der Waals surface area contributed by atoms with Gasteiger partial charge in [-0.25, -0.2) is 0 Å². The van der Waals surface area contributed by atoms with Gasteiger partial charge in [-0.15, -0.1) is 0 Å². The van der Waals surface area contributed by atoms with E-state index in [9.17, 15) is 0 Å². The topological polar surface area (TPSA) is 24.5 Å². The maximum atomic E-state index is 5.55. The van der Waals surface area contributed by atoms with E-state index >= 15 is 0 Å². The molecule has 1 saturated heterocycles. The van der Waals surface area contributed by atoms with Crippen LogP contribution in [-0.4, -0.2) is 50.3 Å². The fourth-order valence-electron chi connectivity index (χ4n) is 3.82. The Morgan fingerprint density at radius 2 is 1.84 bits per heavy atom. The lowest BCUT2D eigenvalue weighted by Gasteiger charge is -2.45. The molecule has 2 aliphatic rings. The Kier molecular flexibility index (Phi) is 5.27. The van der Waals surface area contributed by atoms with Crippen molar-refractivity contribution >= 4 is 0 Å². The summed E-state index contributed by atoms with van der Waals surface area (Å²) in [6, 6.07) is 0.718. The number of nitrogens with zero attached hydrogens (tertiary/aromatic N) is 1. The van der Waals surface area contributed by atoms with Gasteiger partial charge in [0.15, 0.2) is 0 Å². The van der Waals surface area contributed by atoms with E-state index in [0.29, 0.717) is 5.54 Å². The maximum absolute atomic E-state index is 5.55. The molecule has 0 aromatic heterocycles. The second-order valence-electron chi connectivity index (χ2n) is 7.11. The molecule has 0 bridgehead atoms. The van der Waals surface area contributed by atoms with Crippen molar-refractivity contribution in [1.29, 1.82) is 0 Å². The van der Waals surface area contributed by atoms with E-state index in [1.807, 2.05) is 0 Å². The van der Waals surface area contributed by atoms with E-state index < -0.39 is 0 Å². The second kappa shape index (κ2) is 6.55.